The van der Waals surface area contributed by atoms with Crippen molar-refractivity contribution in [1.29, 1.82) is 0 Å². The third-order valence-electron chi connectivity index (χ3n) is 7.71. The number of nitrogens with zero attached hydrogens (tertiary/aromatic N) is 2. The Kier molecular flexibility index (Phi) is 13.2. The van der Waals surface area contributed by atoms with E-state index in [9.17, 15) is 14.4 Å². The molecule has 248 valence electrons. The molecule has 2 N–H and O–H groups in total. The zero-order valence-electron chi connectivity index (χ0n) is 25.7. The van der Waals surface area contributed by atoms with Crippen LogP contribution in [0.4, 0.5) is 14.6 Å². The van der Waals surface area contributed by atoms with Gasteiger partial charge in [0.2, 0.25) is 6.23 Å². The number of aliphatic hydroxyl groups excluding tert-OH is 1. The largest absolute Gasteiger partial charge is 0.459 e. The number of ether oxygens (including phenoxy) is 3. The van der Waals surface area contributed by atoms with Gasteiger partial charge in [0.05, 0.1) is 11.1 Å². The number of benzene rings is 2. The summed E-state index contributed by atoms with van der Waals surface area (Å²) in [6, 6.07) is 17.0. The second kappa shape index (κ2) is 17.5. The summed E-state index contributed by atoms with van der Waals surface area (Å²) in [6.45, 7) is 0.160. The van der Waals surface area contributed by atoms with E-state index in [4.69, 9.17) is 19.3 Å². The molecule has 0 radical (unpaired) electrons. The average molecular weight is 642 g/mol. The summed E-state index contributed by atoms with van der Waals surface area (Å²) in [5.41, 5.74) is -0.730. The van der Waals surface area contributed by atoms with Gasteiger partial charge >= 0.3 is 23.6 Å². The van der Waals surface area contributed by atoms with Crippen LogP contribution in [-0.2, 0) is 14.2 Å². The minimum atomic E-state index is -3.88. The van der Waals surface area contributed by atoms with Crippen LogP contribution in [-0.4, -0.2) is 64.5 Å². The van der Waals surface area contributed by atoms with Gasteiger partial charge in [-0.05, 0) is 43.2 Å². The maximum Gasteiger partial charge on any atom is 0.351 e. The molecular weight excluding hydrogens is 600 g/mol. The van der Waals surface area contributed by atoms with E-state index in [1.807, 2.05) is 0 Å². The van der Waals surface area contributed by atoms with E-state index in [1.165, 1.54) is 30.3 Å². The highest BCUT2D eigenvalue weighted by Gasteiger charge is 2.63. The van der Waals surface area contributed by atoms with Gasteiger partial charge in [0, 0.05) is 19.3 Å². The molecule has 0 amide bonds. The molecule has 4 rings (SSSR count). The fourth-order valence-corrected chi connectivity index (χ4v) is 5.20. The number of carbonyl (C=O) groups excluding carboxylic acids is 2. The average Bonchev–Trinajstić information content (AvgIpc) is 3.31. The summed E-state index contributed by atoms with van der Waals surface area (Å²) >= 11 is 0. The van der Waals surface area contributed by atoms with Crippen molar-refractivity contribution in [2.45, 2.75) is 82.1 Å². The van der Waals surface area contributed by atoms with Crippen molar-refractivity contribution in [3.05, 3.63) is 94.5 Å². The third-order valence-corrected chi connectivity index (χ3v) is 7.71. The van der Waals surface area contributed by atoms with Crippen LogP contribution in [0.1, 0.15) is 84.7 Å². The summed E-state index contributed by atoms with van der Waals surface area (Å²) in [5, 5.41) is 11.9. The number of aromatic nitrogens is 2. The molecule has 2 heterocycles. The zero-order chi connectivity index (χ0) is 32.8. The summed E-state index contributed by atoms with van der Waals surface area (Å²) in [6.07, 6.45) is 4.71. The minimum absolute atomic E-state index is 0.0466. The predicted octanol–water partition coefficient (Wildman–Crippen LogP) is 5.77. The van der Waals surface area contributed by atoms with Crippen LogP contribution in [0, 0.1) is 0 Å². The first-order valence-electron chi connectivity index (χ1n) is 15.8. The van der Waals surface area contributed by atoms with Gasteiger partial charge in [0.25, 0.3) is 0 Å². The van der Waals surface area contributed by atoms with Crippen molar-refractivity contribution in [2.24, 2.45) is 0 Å². The molecule has 12 heteroatoms. The van der Waals surface area contributed by atoms with Crippen molar-refractivity contribution < 1.29 is 37.7 Å². The van der Waals surface area contributed by atoms with E-state index in [1.54, 1.807) is 36.4 Å². The van der Waals surface area contributed by atoms with Crippen LogP contribution in [0.25, 0.3) is 0 Å². The Balaban J connectivity index is 1.37. The number of carbonyl (C=O) groups is 2. The quantitative estimate of drug-likeness (QED) is 0.131. The number of esters is 2. The van der Waals surface area contributed by atoms with Crippen molar-refractivity contribution in [1.82, 2.24) is 9.55 Å². The van der Waals surface area contributed by atoms with Crippen LogP contribution in [0.3, 0.4) is 0 Å². The van der Waals surface area contributed by atoms with Gasteiger partial charge in [-0.2, -0.15) is 13.8 Å². The maximum atomic E-state index is 15.9. The first kappa shape index (κ1) is 34.7. The standard InChI is InChI=1S/C34H41F2N3O7/c35-34(36)29(46-31(42)26-18-12-9-13-19-26)27(24-44-30(41)25-16-10-8-11-17-25)45-32(34)39-22-20-28(38-33(39)43)37-21-14-6-4-2-1-3-5-7-15-23-40/h8-13,16-20,22,27,29,32,40H,1-7,14-15,21,23-24H2,(H,37,38,43)/t27-,29-,32-/m1/s1. The molecule has 1 aromatic heterocycles. The van der Waals surface area contributed by atoms with E-state index in [2.05, 4.69) is 10.3 Å². The van der Waals surface area contributed by atoms with Crippen LogP contribution < -0.4 is 11.0 Å². The van der Waals surface area contributed by atoms with Crippen molar-refractivity contribution in [2.75, 3.05) is 25.1 Å². The smallest absolute Gasteiger partial charge is 0.351 e. The number of aliphatic hydroxyl groups is 1. The van der Waals surface area contributed by atoms with Crippen LogP contribution >= 0.6 is 0 Å². The Morgan fingerprint density at radius 1 is 0.848 bits per heavy atom. The molecule has 1 fully saturated rings. The summed E-state index contributed by atoms with van der Waals surface area (Å²) in [7, 11) is 0. The number of halogens is 2. The molecule has 0 unspecified atom stereocenters. The monoisotopic (exact) mass is 641 g/mol. The molecule has 1 saturated heterocycles. The molecule has 10 nitrogen and oxygen atoms in total. The van der Waals surface area contributed by atoms with Crippen molar-refractivity contribution in [3.63, 3.8) is 0 Å². The lowest BCUT2D eigenvalue weighted by atomic mass is 10.1. The number of alkyl halides is 2. The summed E-state index contributed by atoms with van der Waals surface area (Å²) < 4.78 is 48.5. The number of nitrogens with one attached hydrogen (secondary N) is 1. The first-order valence-corrected chi connectivity index (χ1v) is 15.8. The van der Waals surface area contributed by atoms with Gasteiger partial charge in [0.1, 0.15) is 18.5 Å². The molecule has 3 aromatic rings. The van der Waals surface area contributed by atoms with E-state index in [-0.39, 0.29) is 23.6 Å². The third kappa shape index (κ3) is 9.67. The summed E-state index contributed by atoms with van der Waals surface area (Å²) in [5.74, 6) is -5.43. The molecular formula is C34H41F2N3O7. The molecule has 1 aliphatic heterocycles. The normalized spacial score (nSPS) is 18.6. The lowest BCUT2D eigenvalue weighted by Crippen LogP contribution is -2.44. The Bertz CT molecular complexity index is 1440. The number of hydrogen-bond donors (Lipinski definition) is 2. The number of rotatable bonds is 18. The van der Waals surface area contributed by atoms with E-state index < -0.39 is 48.6 Å². The number of hydrogen-bond acceptors (Lipinski definition) is 9. The van der Waals surface area contributed by atoms with Gasteiger partial charge in [-0.3, -0.25) is 4.57 Å². The van der Waals surface area contributed by atoms with Gasteiger partial charge in [-0.1, -0.05) is 81.3 Å². The van der Waals surface area contributed by atoms with E-state index in [0.717, 1.165) is 64.0 Å². The van der Waals surface area contributed by atoms with Gasteiger partial charge < -0.3 is 24.6 Å². The number of anilines is 1. The SMILES string of the molecule is O=C(OC[C@H]1O[C@@H](n2ccc(NCCCCCCCCCCCO)nc2=O)C(F)(F)[C@@H]1OC(=O)c1ccccc1)c1ccccc1. The number of unbranched alkanes of at least 4 members (excludes halogenated alkanes) is 8. The van der Waals surface area contributed by atoms with E-state index in [0.29, 0.717) is 11.1 Å². The first-order chi connectivity index (χ1) is 22.3. The van der Waals surface area contributed by atoms with Gasteiger partial charge in [-0.25, -0.2) is 14.4 Å². The Morgan fingerprint density at radius 2 is 1.41 bits per heavy atom. The van der Waals surface area contributed by atoms with Crippen LogP contribution in [0.5, 0.6) is 0 Å². The highest BCUT2D eigenvalue weighted by atomic mass is 19.3. The van der Waals surface area contributed by atoms with Gasteiger partial charge in [0.15, 0.2) is 6.10 Å². The molecule has 3 atom stereocenters. The Morgan fingerprint density at radius 3 is 2.00 bits per heavy atom. The Hall–Kier alpha value is -4.16. The minimum Gasteiger partial charge on any atom is -0.459 e. The molecule has 0 spiro atoms. The molecule has 0 bridgehead atoms. The maximum absolute atomic E-state index is 15.9. The molecule has 0 saturated carbocycles. The molecule has 46 heavy (non-hydrogen) atoms. The lowest BCUT2D eigenvalue weighted by molar-refractivity contribution is -0.142. The second-order valence-electron chi connectivity index (χ2n) is 11.2. The van der Waals surface area contributed by atoms with Crippen molar-refractivity contribution in [3.8, 4) is 0 Å². The topological polar surface area (TPSA) is 129 Å². The van der Waals surface area contributed by atoms with Crippen molar-refractivity contribution >= 4 is 17.8 Å². The molecule has 1 aliphatic rings. The molecule has 0 aliphatic carbocycles. The highest BCUT2D eigenvalue weighted by Crippen LogP contribution is 2.44. The predicted molar refractivity (Wildman–Crippen MR) is 167 cm³/mol. The molecule has 2 aromatic carbocycles. The fraction of sp³-hybridized carbons (Fsp3) is 0.471. The van der Waals surface area contributed by atoms with Crippen LogP contribution in [0.2, 0.25) is 0 Å². The summed E-state index contributed by atoms with van der Waals surface area (Å²) in [4.78, 5) is 42.1. The Labute approximate surface area is 266 Å². The van der Waals surface area contributed by atoms with E-state index >= 15 is 8.78 Å². The van der Waals surface area contributed by atoms with Gasteiger partial charge in [-0.15, -0.1) is 0 Å². The fourth-order valence-electron chi connectivity index (χ4n) is 5.20. The lowest BCUT2D eigenvalue weighted by Gasteiger charge is -2.24. The zero-order valence-corrected chi connectivity index (χ0v) is 25.7. The highest BCUT2D eigenvalue weighted by molar-refractivity contribution is 5.90. The second-order valence-corrected chi connectivity index (χ2v) is 11.2. The van der Waals surface area contributed by atoms with Crippen LogP contribution in [0.15, 0.2) is 77.7 Å².